The average Bonchev–Trinajstić information content (AvgIpc) is 3.43. The van der Waals surface area contributed by atoms with Crippen molar-refractivity contribution in [3.05, 3.63) is 66.1 Å². The summed E-state index contributed by atoms with van der Waals surface area (Å²) in [7, 11) is 0. The summed E-state index contributed by atoms with van der Waals surface area (Å²) in [6.45, 7) is 3.45. The number of hydrogen-bond acceptors (Lipinski definition) is 7. The van der Waals surface area contributed by atoms with Crippen LogP contribution in [-0.2, 0) is 12.0 Å². The van der Waals surface area contributed by atoms with Crippen molar-refractivity contribution in [1.29, 1.82) is 5.26 Å². The molecule has 0 aliphatic carbocycles. The van der Waals surface area contributed by atoms with Gasteiger partial charge in [0.25, 0.3) is 0 Å². The number of nitriles is 1. The predicted molar refractivity (Wildman–Crippen MR) is 120 cm³/mol. The minimum Gasteiger partial charge on any atom is -0.363 e. The normalized spacial score (nSPS) is 14.7. The zero-order chi connectivity index (χ0) is 22.1. The molecule has 32 heavy (non-hydrogen) atoms. The van der Waals surface area contributed by atoms with Crippen molar-refractivity contribution in [3.8, 4) is 6.07 Å². The van der Waals surface area contributed by atoms with Crippen LogP contribution < -0.4 is 10.2 Å². The van der Waals surface area contributed by atoms with Gasteiger partial charge < -0.3 is 10.2 Å². The Morgan fingerprint density at radius 3 is 2.75 bits per heavy atom. The molecule has 0 saturated carbocycles. The lowest BCUT2D eigenvalue weighted by Gasteiger charge is -2.50. The Morgan fingerprint density at radius 1 is 1.25 bits per heavy atom. The summed E-state index contributed by atoms with van der Waals surface area (Å²) in [4.78, 5) is 17.7. The second-order valence-electron chi connectivity index (χ2n) is 8.02. The summed E-state index contributed by atoms with van der Waals surface area (Å²) in [6, 6.07) is 13.4. The van der Waals surface area contributed by atoms with Gasteiger partial charge in [-0.25, -0.2) is 4.52 Å². The van der Waals surface area contributed by atoms with Crippen LogP contribution in [0.3, 0.4) is 0 Å². The fourth-order valence-corrected chi connectivity index (χ4v) is 4.09. The Kier molecular flexibility index (Phi) is 4.82. The molecule has 4 aromatic rings. The third-order valence-electron chi connectivity index (χ3n) is 5.89. The monoisotopic (exact) mass is 426 g/mol. The Labute approximate surface area is 184 Å². The molecular formula is C23H22N8O. The molecule has 0 atom stereocenters. The summed E-state index contributed by atoms with van der Waals surface area (Å²) in [5.74, 6) is 0.472. The van der Waals surface area contributed by atoms with Crippen molar-refractivity contribution < 1.29 is 4.79 Å². The number of aldehydes is 1. The van der Waals surface area contributed by atoms with Crippen molar-refractivity contribution >= 4 is 29.3 Å². The van der Waals surface area contributed by atoms with Crippen LogP contribution in [0.4, 0.5) is 17.3 Å². The van der Waals surface area contributed by atoms with Crippen molar-refractivity contribution in [3.63, 3.8) is 0 Å². The Balaban J connectivity index is 1.40. The van der Waals surface area contributed by atoms with E-state index in [2.05, 4.69) is 38.4 Å². The molecule has 1 aromatic carbocycles. The van der Waals surface area contributed by atoms with Gasteiger partial charge in [-0.15, -0.1) is 5.10 Å². The molecule has 0 bridgehead atoms. The molecule has 0 radical (unpaired) electrons. The maximum Gasteiger partial charge on any atom is 0.247 e. The number of aromatic nitrogens is 5. The number of carbonyl (C=O) groups excluding carboxylic acids is 1. The number of hydrogen-bond donors (Lipinski definition) is 1. The van der Waals surface area contributed by atoms with E-state index < -0.39 is 0 Å². The van der Waals surface area contributed by atoms with Crippen LogP contribution in [0.25, 0.3) is 5.65 Å². The number of rotatable bonds is 7. The van der Waals surface area contributed by atoms with Gasteiger partial charge in [0, 0.05) is 36.7 Å². The maximum absolute atomic E-state index is 10.8. The van der Waals surface area contributed by atoms with Gasteiger partial charge in [-0.3, -0.25) is 9.48 Å². The van der Waals surface area contributed by atoms with Gasteiger partial charge in [0.15, 0.2) is 5.65 Å². The van der Waals surface area contributed by atoms with Crippen molar-refractivity contribution in [2.45, 2.75) is 25.3 Å². The van der Waals surface area contributed by atoms with Gasteiger partial charge in [-0.1, -0.05) is 6.92 Å². The van der Waals surface area contributed by atoms with Crippen LogP contribution >= 0.6 is 0 Å². The fourth-order valence-electron chi connectivity index (χ4n) is 4.09. The highest BCUT2D eigenvalue weighted by Crippen LogP contribution is 2.37. The van der Waals surface area contributed by atoms with E-state index in [1.165, 1.54) is 0 Å². The van der Waals surface area contributed by atoms with Gasteiger partial charge in [-0.2, -0.15) is 15.3 Å². The first kappa shape index (κ1) is 19.8. The van der Waals surface area contributed by atoms with E-state index in [0.717, 1.165) is 35.3 Å². The SMILES string of the molecule is CCc1cnn(C2(CC#N)CN(c3cccn4nc(Nc5ccc(C=O)cc5)nc34)C2)c1. The molecule has 0 spiro atoms. The Bertz CT molecular complexity index is 1310. The van der Waals surface area contributed by atoms with Gasteiger partial charge in [0.2, 0.25) is 5.95 Å². The van der Waals surface area contributed by atoms with E-state index in [4.69, 9.17) is 0 Å². The quantitative estimate of drug-likeness (QED) is 0.453. The van der Waals surface area contributed by atoms with Crippen molar-refractivity contribution in [1.82, 2.24) is 24.4 Å². The first-order valence-electron chi connectivity index (χ1n) is 10.5. The topological polar surface area (TPSA) is 104 Å². The summed E-state index contributed by atoms with van der Waals surface area (Å²) in [6.07, 6.45) is 7.90. The molecule has 1 fully saturated rings. The predicted octanol–water partition coefficient (Wildman–Crippen LogP) is 3.17. The molecule has 1 aliphatic heterocycles. The molecule has 4 heterocycles. The van der Waals surface area contributed by atoms with E-state index in [9.17, 15) is 10.1 Å². The van der Waals surface area contributed by atoms with Crippen LogP contribution in [-0.4, -0.2) is 43.8 Å². The van der Waals surface area contributed by atoms with Gasteiger partial charge in [-0.05, 0) is 48.4 Å². The smallest absolute Gasteiger partial charge is 0.247 e. The van der Waals surface area contributed by atoms with Crippen LogP contribution in [0.5, 0.6) is 0 Å². The number of pyridine rings is 1. The first-order chi connectivity index (χ1) is 15.6. The van der Waals surface area contributed by atoms with Gasteiger partial charge >= 0.3 is 0 Å². The molecule has 1 saturated heterocycles. The zero-order valence-corrected chi connectivity index (χ0v) is 17.6. The largest absolute Gasteiger partial charge is 0.363 e. The highest BCUT2D eigenvalue weighted by molar-refractivity contribution is 5.76. The third-order valence-corrected chi connectivity index (χ3v) is 5.89. The van der Waals surface area contributed by atoms with Crippen molar-refractivity contribution in [2.75, 3.05) is 23.3 Å². The number of carbonyl (C=O) groups is 1. The summed E-state index contributed by atoms with van der Waals surface area (Å²) in [5.41, 5.74) is 3.94. The fraction of sp³-hybridized carbons (Fsp3) is 0.261. The summed E-state index contributed by atoms with van der Waals surface area (Å²) >= 11 is 0. The second-order valence-corrected chi connectivity index (χ2v) is 8.02. The number of nitrogens with zero attached hydrogens (tertiary/aromatic N) is 7. The molecule has 5 rings (SSSR count). The minimum absolute atomic E-state index is 0.337. The highest BCUT2D eigenvalue weighted by atomic mass is 16.1. The second kappa shape index (κ2) is 7.81. The first-order valence-corrected chi connectivity index (χ1v) is 10.5. The molecule has 0 unspecified atom stereocenters. The van der Waals surface area contributed by atoms with E-state index in [1.807, 2.05) is 47.5 Å². The summed E-state index contributed by atoms with van der Waals surface area (Å²) < 4.78 is 3.69. The number of benzene rings is 1. The molecule has 9 heteroatoms. The highest BCUT2D eigenvalue weighted by Gasteiger charge is 2.46. The summed E-state index contributed by atoms with van der Waals surface area (Å²) in [5, 5.41) is 21.7. The Morgan fingerprint density at radius 2 is 2.06 bits per heavy atom. The van der Waals surface area contributed by atoms with Crippen LogP contribution in [0, 0.1) is 11.3 Å². The number of anilines is 3. The van der Waals surface area contributed by atoms with E-state index in [1.54, 1.807) is 16.6 Å². The lowest BCUT2D eigenvalue weighted by atomic mass is 9.86. The number of fused-ring (bicyclic) bond motifs is 1. The lowest BCUT2D eigenvalue weighted by Crippen LogP contribution is -2.63. The molecule has 0 amide bonds. The van der Waals surface area contributed by atoms with E-state index in [0.29, 0.717) is 31.0 Å². The molecule has 160 valence electrons. The van der Waals surface area contributed by atoms with E-state index in [-0.39, 0.29) is 5.54 Å². The van der Waals surface area contributed by atoms with Crippen molar-refractivity contribution in [2.24, 2.45) is 0 Å². The number of nitrogens with one attached hydrogen (secondary N) is 1. The Hall–Kier alpha value is -4.19. The molecule has 3 aromatic heterocycles. The van der Waals surface area contributed by atoms with Crippen LogP contribution in [0.2, 0.25) is 0 Å². The van der Waals surface area contributed by atoms with E-state index >= 15 is 0 Å². The zero-order valence-electron chi connectivity index (χ0n) is 17.6. The third kappa shape index (κ3) is 3.36. The van der Waals surface area contributed by atoms with Crippen LogP contribution in [0.1, 0.15) is 29.3 Å². The standard InChI is InChI=1S/C23H22N8O/c1-2-17-12-25-31(13-17)23(9-10-24)15-29(16-23)20-4-3-11-30-21(20)27-22(28-30)26-19-7-5-18(14-32)6-8-19/h3-8,11-14H,2,9,15-16H2,1H3,(H,26,28). The maximum atomic E-state index is 10.8. The molecule has 1 N–H and O–H groups in total. The van der Waals surface area contributed by atoms with Crippen LogP contribution in [0.15, 0.2) is 55.0 Å². The molecular weight excluding hydrogens is 404 g/mol. The number of aryl methyl sites for hydroxylation is 1. The molecule has 9 nitrogen and oxygen atoms in total. The van der Waals surface area contributed by atoms with Gasteiger partial charge in [0.05, 0.1) is 24.4 Å². The average molecular weight is 426 g/mol. The van der Waals surface area contributed by atoms with Gasteiger partial charge in [0.1, 0.15) is 11.8 Å². The lowest BCUT2D eigenvalue weighted by molar-refractivity contribution is 0.112. The molecule has 1 aliphatic rings. The minimum atomic E-state index is -0.337.